The van der Waals surface area contributed by atoms with Gasteiger partial charge >= 0.3 is 0 Å². The van der Waals surface area contributed by atoms with Gasteiger partial charge in [-0.25, -0.2) is 9.97 Å². The van der Waals surface area contributed by atoms with Crippen molar-refractivity contribution in [1.82, 2.24) is 19.7 Å². The van der Waals surface area contributed by atoms with Crippen molar-refractivity contribution in [1.29, 1.82) is 0 Å². The van der Waals surface area contributed by atoms with Crippen LogP contribution in [-0.2, 0) is 6.54 Å². The van der Waals surface area contributed by atoms with Gasteiger partial charge in [0, 0.05) is 23.2 Å². The molecule has 31 heavy (non-hydrogen) atoms. The third kappa shape index (κ3) is 3.47. The maximum atomic E-state index is 13.3. The van der Waals surface area contributed by atoms with E-state index in [0.717, 1.165) is 44.6 Å². The molecule has 5 aromatic rings. The van der Waals surface area contributed by atoms with Crippen LogP contribution in [0.3, 0.4) is 0 Å². The van der Waals surface area contributed by atoms with Gasteiger partial charge in [0.25, 0.3) is 5.91 Å². The van der Waals surface area contributed by atoms with Gasteiger partial charge in [-0.05, 0) is 50.6 Å². The average Bonchev–Trinajstić information content (AvgIpc) is 3.34. The number of fused-ring (bicyclic) bond motifs is 2. The molecule has 0 aliphatic rings. The zero-order valence-corrected chi connectivity index (χ0v) is 18.3. The lowest BCUT2D eigenvalue weighted by Gasteiger charge is -2.09. The minimum atomic E-state index is -0.198. The van der Waals surface area contributed by atoms with Crippen molar-refractivity contribution in [2.45, 2.75) is 27.3 Å². The summed E-state index contributed by atoms with van der Waals surface area (Å²) in [5.74, 6) is -0.198. The van der Waals surface area contributed by atoms with E-state index >= 15 is 0 Å². The SMILES string of the molecule is CCn1ncc(-c2cc(C(=O)Nc3nc4ccc(C)cc4s3)c3ccccc3n2)c1C. The Kier molecular flexibility index (Phi) is 4.75. The van der Waals surface area contributed by atoms with E-state index in [1.165, 1.54) is 16.9 Å². The molecule has 1 amide bonds. The Morgan fingerprint density at radius 3 is 2.71 bits per heavy atom. The standard InChI is InChI=1S/C24H21N5OS/c1-4-29-15(3)18(13-25-29)21-12-17(16-7-5-6-8-19(16)26-21)23(30)28-24-27-20-10-9-14(2)11-22(20)31-24/h5-13H,4H2,1-3H3,(H,27,28,30). The maximum absolute atomic E-state index is 13.3. The summed E-state index contributed by atoms with van der Waals surface area (Å²) in [6.07, 6.45) is 1.81. The summed E-state index contributed by atoms with van der Waals surface area (Å²) in [7, 11) is 0. The Hall–Kier alpha value is -3.58. The number of thiazole rings is 1. The zero-order valence-electron chi connectivity index (χ0n) is 17.5. The lowest BCUT2D eigenvalue weighted by atomic mass is 10.0. The number of nitrogens with one attached hydrogen (secondary N) is 1. The van der Waals surface area contributed by atoms with Gasteiger partial charge in [0.2, 0.25) is 0 Å². The number of para-hydroxylation sites is 1. The summed E-state index contributed by atoms with van der Waals surface area (Å²) in [6, 6.07) is 15.6. The molecule has 0 unspecified atom stereocenters. The Morgan fingerprint density at radius 1 is 1.06 bits per heavy atom. The van der Waals surface area contributed by atoms with Crippen molar-refractivity contribution in [3.8, 4) is 11.3 Å². The maximum Gasteiger partial charge on any atom is 0.258 e. The van der Waals surface area contributed by atoms with Crippen LogP contribution in [0.1, 0.15) is 28.5 Å². The highest BCUT2D eigenvalue weighted by Gasteiger charge is 2.18. The number of benzene rings is 2. The molecule has 154 valence electrons. The first-order valence-electron chi connectivity index (χ1n) is 10.1. The fraction of sp³-hybridized carbons (Fsp3) is 0.167. The third-order valence-corrected chi connectivity index (χ3v) is 6.34. The molecule has 3 aromatic heterocycles. The minimum Gasteiger partial charge on any atom is -0.298 e. The molecule has 3 heterocycles. The monoisotopic (exact) mass is 427 g/mol. The molecule has 0 atom stereocenters. The molecular formula is C24H21N5OS. The quantitative estimate of drug-likeness (QED) is 0.405. The molecule has 0 spiro atoms. The molecule has 7 heteroatoms. The highest BCUT2D eigenvalue weighted by molar-refractivity contribution is 7.22. The summed E-state index contributed by atoms with van der Waals surface area (Å²) >= 11 is 1.48. The first-order valence-corrected chi connectivity index (χ1v) is 11.0. The smallest absolute Gasteiger partial charge is 0.258 e. The van der Waals surface area contributed by atoms with E-state index in [1.807, 2.05) is 67.2 Å². The van der Waals surface area contributed by atoms with Crippen LogP contribution in [0.15, 0.2) is 54.7 Å². The van der Waals surface area contributed by atoms with Gasteiger partial charge in [-0.3, -0.25) is 14.8 Å². The van der Waals surface area contributed by atoms with E-state index in [1.54, 1.807) is 0 Å². The van der Waals surface area contributed by atoms with Crippen LogP contribution in [0.5, 0.6) is 0 Å². The van der Waals surface area contributed by atoms with Gasteiger partial charge in [0.1, 0.15) is 0 Å². The number of hydrogen-bond donors (Lipinski definition) is 1. The van der Waals surface area contributed by atoms with Crippen molar-refractivity contribution in [3.63, 3.8) is 0 Å². The molecule has 0 aliphatic carbocycles. The van der Waals surface area contributed by atoms with Crippen LogP contribution in [-0.4, -0.2) is 25.7 Å². The Morgan fingerprint density at radius 2 is 1.90 bits per heavy atom. The number of carbonyl (C=O) groups is 1. The van der Waals surface area contributed by atoms with Gasteiger partial charge in [-0.1, -0.05) is 35.6 Å². The molecule has 0 fully saturated rings. The number of rotatable bonds is 4. The summed E-state index contributed by atoms with van der Waals surface area (Å²) in [5.41, 5.74) is 6.08. The molecular weight excluding hydrogens is 406 g/mol. The number of anilines is 1. The molecule has 0 saturated heterocycles. The van der Waals surface area contributed by atoms with Gasteiger partial charge < -0.3 is 0 Å². The van der Waals surface area contributed by atoms with Crippen LogP contribution < -0.4 is 5.32 Å². The van der Waals surface area contributed by atoms with Crippen LogP contribution in [0, 0.1) is 13.8 Å². The second-order valence-electron chi connectivity index (χ2n) is 7.48. The van der Waals surface area contributed by atoms with E-state index in [-0.39, 0.29) is 5.91 Å². The highest BCUT2D eigenvalue weighted by atomic mass is 32.1. The third-order valence-electron chi connectivity index (χ3n) is 5.40. The number of aromatic nitrogens is 4. The van der Waals surface area contributed by atoms with Crippen molar-refractivity contribution in [2.24, 2.45) is 0 Å². The van der Waals surface area contributed by atoms with Crippen molar-refractivity contribution in [3.05, 3.63) is 71.5 Å². The summed E-state index contributed by atoms with van der Waals surface area (Å²) in [6.45, 7) is 6.90. The fourth-order valence-corrected chi connectivity index (χ4v) is 4.73. The predicted octanol–water partition coefficient (Wildman–Crippen LogP) is 5.60. The fourth-order valence-electron chi connectivity index (χ4n) is 3.77. The van der Waals surface area contributed by atoms with E-state index in [0.29, 0.717) is 10.7 Å². The van der Waals surface area contributed by atoms with Crippen molar-refractivity contribution >= 4 is 43.5 Å². The Balaban J connectivity index is 1.58. The van der Waals surface area contributed by atoms with E-state index in [4.69, 9.17) is 4.98 Å². The first-order chi connectivity index (χ1) is 15.0. The van der Waals surface area contributed by atoms with E-state index in [2.05, 4.69) is 28.4 Å². The molecule has 1 N–H and O–H groups in total. The summed E-state index contributed by atoms with van der Waals surface area (Å²) in [4.78, 5) is 22.7. The largest absolute Gasteiger partial charge is 0.298 e. The number of carbonyl (C=O) groups excluding carboxylic acids is 1. The Labute approximate surface area is 183 Å². The molecule has 0 saturated carbocycles. The number of hydrogen-bond acceptors (Lipinski definition) is 5. The number of pyridine rings is 1. The highest BCUT2D eigenvalue weighted by Crippen LogP contribution is 2.30. The molecule has 5 rings (SSSR count). The second-order valence-corrected chi connectivity index (χ2v) is 8.51. The van der Waals surface area contributed by atoms with Crippen LogP contribution in [0.4, 0.5) is 5.13 Å². The molecule has 6 nitrogen and oxygen atoms in total. The molecule has 0 radical (unpaired) electrons. The van der Waals surface area contributed by atoms with Crippen molar-refractivity contribution < 1.29 is 4.79 Å². The van der Waals surface area contributed by atoms with E-state index in [9.17, 15) is 4.79 Å². The lowest BCUT2D eigenvalue weighted by Crippen LogP contribution is -2.13. The number of aryl methyl sites for hydroxylation is 2. The second kappa shape index (κ2) is 7.59. The zero-order chi connectivity index (χ0) is 21.5. The predicted molar refractivity (Wildman–Crippen MR) is 126 cm³/mol. The van der Waals surface area contributed by atoms with Crippen molar-refractivity contribution in [2.75, 3.05) is 5.32 Å². The summed E-state index contributed by atoms with van der Waals surface area (Å²) in [5, 5.41) is 8.81. The Bertz CT molecular complexity index is 1450. The number of nitrogens with zero attached hydrogens (tertiary/aromatic N) is 4. The van der Waals surface area contributed by atoms with Gasteiger partial charge in [-0.15, -0.1) is 0 Å². The topological polar surface area (TPSA) is 72.7 Å². The van der Waals surface area contributed by atoms with Gasteiger partial charge in [-0.2, -0.15) is 5.10 Å². The minimum absolute atomic E-state index is 0.198. The lowest BCUT2D eigenvalue weighted by molar-refractivity contribution is 0.102. The molecule has 0 bridgehead atoms. The normalized spacial score (nSPS) is 11.3. The number of amides is 1. The van der Waals surface area contributed by atoms with Crippen LogP contribution in [0.25, 0.3) is 32.4 Å². The van der Waals surface area contributed by atoms with Gasteiger partial charge in [0.05, 0.1) is 33.2 Å². The summed E-state index contributed by atoms with van der Waals surface area (Å²) < 4.78 is 2.98. The average molecular weight is 428 g/mol. The van der Waals surface area contributed by atoms with Gasteiger partial charge in [0.15, 0.2) is 5.13 Å². The first kappa shape index (κ1) is 19.4. The molecule has 2 aromatic carbocycles. The molecule has 0 aliphatic heterocycles. The van der Waals surface area contributed by atoms with E-state index < -0.39 is 0 Å². The van der Waals surface area contributed by atoms with Crippen LogP contribution in [0.2, 0.25) is 0 Å². The van der Waals surface area contributed by atoms with Crippen LogP contribution >= 0.6 is 11.3 Å².